The van der Waals surface area contributed by atoms with Crippen LogP contribution >= 0.6 is 0 Å². The van der Waals surface area contributed by atoms with Crippen LogP contribution in [0.15, 0.2) is 41.2 Å². The molecule has 8 nitrogen and oxygen atoms in total. The highest BCUT2D eigenvalue weighted by atomic mass is 16.7. The molecule has 0 unspecified atom stereocenters. The molecule has 2 aromatic rings. The van der Waals surface area contributed by atoms with E-state index in [1.54, 1.807) is 4.57 Å². The van der Waals surface area contributed by atoms with Crippen LogP contribution in [0.4, 0.5) is 0 Å². The molecule has 1 amide bonds. The molecule has 1 spiro atoms. The number of ether oxygens (including phenoxy) is 3. The van der Waals surface area contributed by atoms with Crippen LogP contribution in [0.25, 0.3) is 0 Å². The highest BCUT2D eigenvalue weighted by molar-refractivity contribution is 5.92. The Labute approximate surface area is 191 Å². The zero-order chi connectivity index (χ0) is 23.2. The fourth-order valence-electron chi connectivity index (χ4n) is 5.33. The van der Waals surface area contributed by atoms with Gasteiger partial charge in [-0.15, -0.1) is 0 Å². The van der Waals surface area contributed by atoms with Gasteiger partial charge < -0.3 is 24.1 Å². The van der Waals surface area contributed by atoms with Gasteiger partial charge in [0.1, 0.15) is 12.0 Å². The lowest BCUT2D eigenvalue weighted by atomic mass is 9.72. The van der Waals surface area contributed by atoms with Crippen molar-refractivity contribution in [1.29, 1.82) is 0 Å². The summed E-state index contributed by atoms with van der Waals surface area (Å²) in [5.41, 5.74) is 1.12. The first-order chi connectivity index (χ1) is 15.9. The van der Waals surface area contributed by atoms with Crippen molar-refractivity contribution in [2.45, 2.75) is 63.5 Å². The van der Waals surface area contributed by atoms with Gasteiger partial charge in [0, 0.05) is 19.4 Å². The normalized spacial score (nSPS) is 23.6. The second-order valence-corrected chi connectivity index (χ2v) is 8.97. The SMILES string of the molecule is CC[C@@]1(CC(=O)N[C@H](C)c2ccccc2)C(=O)OCc2c1cc1n(c2=O)CCC12OCCO2. The molecular weight excluding hydrogens is 424 g/mol. The predicted octanol–water partition coefficient (Wildman–Crippen LogP) is 2.42. The minimum Gasteiger partial charge on any atom is -0.460 e. The summed E-state index contributed by atoms with van der Waals surface area (Å²) in [6, 6.07) is 11.2. The lowest BCUT2D eigenvalue weighted by molar-refractivity contribution is -0.164. The number of carbonyl (C=O) groups excluding carboxylic acids is 2. The largest absolute Gasteiger partial charge is 0.460 e. The maximum absolute atomic E-state index is 13.4. The fraction of sp³-hybridized carbons (Fsp3) is 0.480. The molecule has 5 rings (SSSR count). The first-order valence-electron chi connectivity index (χ1n) is 11.5. The van der Waals surface area contributed by atoms with E-state index in [2.05, 4.69) is 5.32 Å². The van der Waals surface area contributed by atoms with Crippen molar-refractivity contribution in [3.63, 3.8) is 0 Å². The van der Waals surface area contributed by atoms with Crippen LogP contribution in [0, 0.1) is 0 Å². The first-order valence-corrected chi connectivity index (χ1v) is 11.5. The third kappa shape index (κ3) is 3.40. The Bertz CT molecular complexity index is 1150. The molecule has 1 aromatic heterocycles. The summed E-state index contributed by atoms with van der Waals surface area (Å²) in [6.45, 7) is 5.03. The fourth-order valence-corrected chi connectivity index (χ4v) is 5.33. The number of nitrogens with one attached hydrogen (secondary N) is 1. The second-order valence-electron chi connectivity index (χ2n) is 8.97. The molecule has 1 saturated heterocycles. The van der Waals surface area contributed by atoms with Crippen molar-refractivity contribution in [3.8, 4) is 0 Å². The van der Waals surface area contributed by atoms with Crippen molar-refractivity contribution in [3.05, 3.63) is 69.1 Å². The van der Waals surface area contributed by atoms with E-state index < -0.39 is 17.2 Å². The molecule has 174 valence electrons. The van der Waals surface area contributed by atoms with E-state index in [4.69, 9.17) is 14.2 Å². The van der Waals surface area contributed by atoms with E-state index in [0.29, 0.717) is 49.4 Å². The molecule has 3 aliphatic rings. The molecule has 0 radical (unpaired) electrons. The number of esters is 1. The van der Waals surface area contributed by atoms with E-state index in [0.717, 1.165) is 5.56 Å². The molecule has 33 heavy (non-hydrogen) atoms. The third-order valence-electron chi connectivity index (χ3n) is 7.21. The van der Waals surface area contributed by atoms with Crippen molar-refractivity contribution in [2.75, 3.05) is 13.2 Å². The summed E-state index contributed by atoms with van der Waals surface area (Å²) in [6.07, 6.45) is 0.752. The van der Waals surface area contributed by atoms with Crippen LogP contribution in [0.5, 0.6) is 0 Å². The number of pyridine rings is 1. The molecule has 1 N–H and O–H groups in total. The van der Waals surface area contributed by atoms with Crippen LogP contribution in [-0.2, 0) is 48.2 Å². The Morgan fingerprint density at radius 1 is 1.18 bits per heavy atom. The lowest BCUT2D eigenvalue weighted by Crippen LogP contribution is -2.48. The van der Waals surface area contributed by atoms with Gasteiger partial charge in [0.25, 0.3) is 5.56 Å². The maximum Gasteiger partial charge on any atom is 0.317 e. The minimum absolute atomic E-state index is 0.0915. The number of rotatable bonds is 5. The predicted molar refractivity (Wildman–Crippen MR) is 118 cm³/mol. The number of cyclic esters (lactones) is 1. The van der Waals surface area contributed by atoms with E-state index >= 15 is 0 Å². The van der Waals surface area contributed by atoms with E-state index in [-0.39, 0.29) is 30.5 Å². The highest BCUT2D eigenvalue weighted by Gasteiger charge is 2.51. The molecular formula is C25H28N2O6. The number of aromatic nitrogens is 1. The molecule has 3 aliphatic heterocycles. The number of fused-ring (bicyclic) bond motifs is 3. The summed E-state index contributed by atoms with van der Waals surface area (Å²) >= 11 is 0. The van der Waals surface area contributed by atoms with E-state index in [1.807, 2.05) is 50.2 Å². The van der Waals surface area contributed by atoms with Gasteiger partial charge in [-0.25, -0.2) is 0 Å². The van der Waals surface area contributed by atoms with Gasteiger partial charge in [0.2, 0.25) is 11.7 Å². The summed E-state index contributed by atoms with van der Waals surface area (Å²) < 4.78 is 18.9. The quantitative estimate of drug-likeness (QED) is 0.700. The standard InChI is InChI=1S/C25H28N2O6/c1-3-24(14-21(28)26-16(2)17-7-5-4-6-8-17)19-13-20-25(32-11-12-33-25)9-10-27(20)22(29)18(19)15-31-23(24)30/h4-8,13,16H,3,9-12,14-15H2,1-2H3,(H,26,28)/t16-,24+/m1/s1. The van der Waals surface area contributed by atoms with Crippen molar-refractivity contribution in [1.82, 2.24) is 9.88 Å². The Morgan fingerprint density at radius 3 is 2.61 bits per heavy atom. The smallest absolute Gasteiger partial charge is 0.317 e. The number of benzene rings is 1. The summed E-state index contributed by atoms with van der Waals surface area (Å²) in [7, 11) is 0. The van der Waals surface area contributed by atoms with Crippen molar-refractivity contribution < 1.29 is 23.8 Å². The molecule has 1 aromatic carbocycles. The highest BCUT2D eigenvalue weighted by Crippen LogP contribution is 2.44. The Balaban J connectivity index is 1.52. The Kier molecular flexibility index (Phi) is 5.37. The molecule has 0 bridgehead atoms. The van der Waals surface area contributed by atoms with Gasteiger partial charge in [-0.3, -0.25) is 14.4 Å². The molecule has 0 aliphatic carbocycles. The Hall–Kier alpha value is -2.97. The molecule has 1 fully saturated rings. The monoisotopic (exact) mass is 452 g/mol. The minimum atomic E-state index is -1.24. The van der Waals surface area contributed by atoms with Crippen molar-refractivity contribution >= 4 is 11.9 Å². The van der Waals surface area contributed by atoms with Crippen LogP contribution in [0.1, 0.15) is 61.5 Å². The number of nitrogens with zero attached hydrogens (tertiary/aromatic N) is 1. The van der Waals surface area contributed by atoms with E-state index in [1.165, 1.54) is 0 Å². The maximum atomic E-state index is 13.4. The second kappa shape index (κ2) is 8.11. The third-order valence-corrected chi connectivity index (χ3v) is 7.21. The summed E-state index contributed by atoms with van der Waals surface area (Å²) in [4.78, 5) is 39.6. The van der Waals surface area contributed by atoms with Gasteiger partial charge in [-0.1, -0.05) is 37.3 Å². The average Bonchev–Trinajstić information content (AvgIpc) is 3.44. The van der Waals surface area contributed by atoms with Gasteiger partial charge in [0.15, 0.2) is 0 Å². The van der Waals surface area contributed by atoms with Crippen LogP contribution in [0.3, 0.4) is 0 Å². The van der Waals surface area contributed by atoms with Gasteiger partial charge >= 0.3 is 5.97 Å². The topological polar surface area (TPSA) is 95.9 Å². The summed E-state index contributed by atoms with van der Waals surface area (Å²) in [5, 5.41) is 2.99. The van der Waals surface area contributed by atoms with Gasteiger partial charge in [-0.05, 0) is 30.5 Å². The molecule has 4 heterocycles. The van der Waals surface area contributed by atoms with Gasteiger partial charge in [0.05, 0.1) is 30.5 Å². The van der Waals surface area contributed by atoms with E-state index in [9.17, 15) is 14.4 Å². The zero-order valence-electron chi connectivity index (χ0n) is 18.9. The lowest BCUT2D eigenvalue weighted by Gasteiger charge is -2.37. The van der Waals surface area contributed by atoms with Crippen LogP contribution < -0.4 is 10.9 Å². The number of carbonyl (C=O) groups is 2. The number of hydrogen-bond donors (Lipinski definition) is 1. The Morgan fingerprint density at radius 2 is 1.91 bits per heavy atom. The summed E-state index contributed by atoms with van der Waals surface area (Å²) in [5.74, 6) is -1.72. The number of amides is 1. The van der Waals surface area contributed by atoms with Gasteiger partial charge in [-0.2, -0.15) is 0 Å². The number of hydrogen-bond acceptors (Lipinski definition) is 6. The zero-order valence-corrected chi connectivity index (χ0v) is 18.9. The molecule has 8 heteroatoms. The molecule has 0 saturated carbocycles. The van der Waals surface area contributed by atoms with Crippen molar-refractivity contribution in [2.24, 2.45) is 0 Å². The molecule has 2 atom stereocenters. The average molecular weight is 453 g/mol. The first kappa shape index (κ1) is 21.9. The van der Waals surface area contributed by atoms with Crippen LogP contribution in [0.2, 0.25) is 0 Å². The van der Waals surface area contributed by atoms with Crippen LogP contribution in [-0.4, -0.2) is 29.7 Å².